The van der Waals surface area contributed by atoms with Gasteiger partial charge in [-0.25, -0.2) is 0 Å². The zero-order valence-electron chi connectivity index (χ0n) is 10.2. The average Bonchev–Trinajstić information content (AvgIpc) is 2.39. The summed E-state index contributed by atoms with van der Waals surface area (Å²) in [7, 11) is 1.62. The predicted octanol–water partition coefficient (Wildman–Crippen LogP) is 0.969. The van der Waals surface area contributed by atoms with Crippen LogP contribution in [0.2, 0.25) is 0 Å². The quantitative estimate of drug-likeness (QED) is 0.557. The number of amides is 1. The fourth-order valence-corrected chi connectivity index (χ4v) is 1.96. The molecule has 2 rings (SSSR count). The molecule has 1 heterocycles. The van der Waals surface area contributed by atoms with E-state index < -0.39 is 0 Å². The van der Waals surface area contributed by atoms with Crippen molar-refractivity contribution in [3.05, 3.63) is 29.8 Å². The Labute approximate surface area is 105 Å². The zero-order valence-corrected chi connectivity index (χ0v) is 10.2. The van der Waals surface area contributed by atoms with Gasteiger partial charge in [-0.1, -0.05) is 12.1 Å². The number of hydrogen-bond donors (Lipinski definition) is 0. The highest BCUT2D eigenvalue weighted by molar-refractivity contribution is 5.82. The summed E-state index contributed by atoms with van der Waals surface area (Å²) < 4.78 is 9.93. The van der Waals surface area contributed by atoms with Crippen molar-refractivity contribution < 1.29 is 19.1 Å². The van der Waals surface area contributed by atoms with Crippen molar-refractivity contribution in [2.75, 3.05) is 13.7 Å². The minimum Gasteiger partial charge on any atom is -0.497 e. The van der Waals surface area contributed by atoms with Gasteiger partial charge in [-0.2, -0.15) is 0 Å². The highest BCUT2D eigenvalue weighted by Crippen LogP contribution is 2.21. The second-order valence-corrected chi connectivity index (χ2v) is 4.08. The smallest absolute Gasteiger partial charge is 0.295 e. The maximum absolute atomic E-state index is 11.4. The lowest BCUT2D eigenvalue weighted by atomic mass is 10.1. The number of hydrogen-bond acceptors (Lipinski definition) is 4. The molecular weight excluding hydrogens is 234 g/mol. The summed E-state index contributed by atoms with van der Waals surface area (Å²) in [6.45, 7) is 0.931. The molecule has 1 saturated heterocycles. The van der Waals surface area contributed by atoms with Gasteiger partial charge in [0.1, 0.15) is 5.75 Å². The molecule has 5 heteroatoms. The third-order valence-electron chi connectivity index (χ3n) is 3.01. The number of benzene rings is 1. The summed E-state index contributed by atoms with van der Waals surface area (Å²) in [5, 5.41) is 0. The molecule has 1 aliphatic rings. The summed E-state index contributed by atoms with van der Waals surface area (Å²) in [5.74, 6) is 0.813. The second-order valence-electron chi connectivity index (χ2n) is 4.08. The van der Waals surface area contributed by atoms with Crippen LogP contribution in [0.5, 0.6) is 5.75 Å². The van der Waals surface area contributed by atoms with Gasteiger partial charge in [-0.15, -0.1) is 0 Å². The SMILES string of the molecule is COc1cccc(CCN2C(=O)CC2OC=O)c1. The van der Waals surface area contributed by atoms with Gasteiger partial charge in [0, 0.05) is 6.54 Å². The molecule has 1 aromatic rings. The monoisotopic (exact) mass is 249 g/mol. The first-order valence-corrected chi connectivity index (χ1v) is 5.76. The second kappa shape index (κ2) is 5.53. The summed E-state index contributed by atoms with van der Waals surface area (Å²) in [6, 6.07) is 7.68. The van der Waals surface area contributed by atoms with E-state index in [1.165, 1.54) is 0 Å². The Morgan fingerprint density at radius 1 is 1.50 bits per heavy atom. The Morgan fingerprint density at radius 2 is 2.33 bits per heavy atom. The summed E-state index contributed by atoms with van der Waals surface area (Å²) >= 11 is 0. The van der Waals surface area contributed by atoms with Crippen molar-refractivity contribution in [3.63, 3.8) is 0 Å². The molecule has 96 valence electrons. The van der Waals surface area contributed by atoms with Crippen molar-refractivity contribution in [1.82, 2.24) is 4.90 Å². The first-order chi connectivity index (χ1) is 8.74. The minimum absolute atomic E-state index is 0.0183. The Bertz CT molecular complexity index is 444. The van der Waals surface area contributed by atoms with Gasteiger partial charge < -0.3 is 14.4 Å². The van der Waals surface area contributed by atoms with Crippen LogP contribution in [0.3, 0.4) is 0 Å². The number of rotatable bonds is 6. The third-order valence-corrected chi connectivity index (χ3v) is 3.01. The largest absolute Gasteiger partial charge is 0.497 e. The van der Waals surface area contributed by atoms with Gasteiger partial charge in [0.15, 0.2) is 6.23 Å². The molecule has 0 spiro atoms. The molecule has 0 aliphatic carbocycles. The van der Waals surface area contributed by atoms with Crippen LogP contribution in [0.4, 0.5) is 0 Å². The first-order valence-electron chi connectivity index (χ1n) is 5.76. The molecule has 0 radical (unpaired) electrons. The maximum Gasteiger partial charge on any atom is 0.295 e. The van der Waals surface area contributed by atoms with E-state index in [4.69, 9.17) is 9.47 Å². The number of likely N-dealkylation sites (tertiary alicyclic amines) is 1. The molecule has 1 amide bonds. The third kappa shape index (κ3) is 2.61. The van der Waals surface area contributed by atoms with Gasteiger partial charge in [-0.05, 0) is 24.1 Å². The van der Waals surface area contributed by atoms with E-state index >= 15 is 0 Å². The van der Waals surface area contributed by atoms with Crippen LogP contribution in [0.25, 0.3) is 0 Å². The molecule has 0 bridgehead atoms. The molecule has 1 atom stereocenters. The van der Waals surface area contributed by atoms with Crippen LogP contribution in [-0.4, -0.2) is 37.2 Å². The lowest BCUT2D eigenvalue weighted by Crippen LogP contribution is -2.54. The maximum atomic E-state index is 11.4. The summed E-state index contributed by atoms with van der Waals surface area (Å²) in [6.07, 6.45) is 0.610. The highest BCUT2D eigenvalue weighted by atomic mass is 16.5. The van der Waals surface area contributed by atoms with Crippen molar-refractivity contribution in [3.8, 4) is 5.75 Å². The fourth-order valence-electron chi connectivity index (χ4n) is 1.96. The topological polar surface area (TPSA) is 55.8 Å². The molecule has 0 aromatic heterocycles. The van der Waals surface area contributed by atoms with Crippen LogP contribution < -0.4 is 4.74 Å². The van der Waals surface area contributed by atoms with Crippen LogP contribution in [0.15, 0.2) is 24.3 Å². The lowest BCUT2D eigenvalue weighted by molar-refractivity contribution is -0.175. The number of carbonyl (C=O) groups excluding carboxylic acids is 2. The van der Waals surface area contributed by atoms with Crippen LogP contribution >= 0.6 is 0 Å². The zero-order chi connectivity index (χ0) is 13.0. The molecule has 1 unspecified atom stereocenters. The van der Waals surface area contributed by atoms with Crippen molar-refractivity contribution in [2.45, 2.75) is 19.1 Å². The van der Waals surface area contributed by atoms with Crippen LogP contribution in [-0.2, 0) is 20.7 Å². The summed E-state index contributed by atoms with van der Waals surface area (Å²) in [4.78, 5) is 23.2. The predicted molar refractivity (Wildman–Crippen MR) is 64.0 cm³/mol. The Kier molecular flexibility index (Phi) is 3.82. The minimum atomic E-state index is -0.388. The summed E-state index contributed by atoms with van der Waals surface area (Å²) in [5.41, 5.74) is 1.08. The molecule has 0 saturated carbocycles. The molecule has 1 fully saturated rings. The van der Waals surface area contributed by atoms with Crippen molar-refractivity contribution in [1.29, 1.82) is 0 Å². The van der Waals surface area contributed by atoms with Gasteiger partial charge in [0.25, 0.3) is 6.47 Å². The van der Waals surface area contributed by atoms with E-state index in [0.717, 1.165) is 11.3 Å². The van der Waals surface area contributed by atoms with Gasteiger partial charge in [-0.3, -0.25) is 9.59 Å². The molecule has 5 nitrogen and oxygen atoms in total. The molecule has 1 aromatic carbocycles. The molecule has 1 aliphatic heterocycles. The van der Waals surface area contributed by atoms with Gasteiger partial charge >= 0.3 is 0 Å². The van der Waals surface area contributed by atoms with E-state index in [1.807, 2.05) is 24.3 Å². The molecular formula is C13H15NO4. The van der Waals surface area contributed by atoms with E-state index in [0.29, 0.717) is 19.4 Å². The highest BCUT2D eigenvalue weighted by Gasteiger charge is 2.36. The van der Waals surface area contributed by atoms with E-state index in [1.54, 1.807) is 12.0 Å². The van der Waals surface area contributed by atoms with E-state index in [9.17, 15) is 9.59 Å². The van der Waals surface area contributed by atoms with Crippen LogP contribution in [0.1, 0.15) is 12.0 Å². The van der Waals surface area contributed by atoms with Gasteiger partial charge in [0.2, 0.25) is 5.91 Å². The number of nitrogens with zero attached hydrogens (tertiary/aromatic N) is 1. The normalized spacial score (nSPS) is 18.2. The fraction of sp³-hybridized carbons (Fsp3) is 0.385. The number of ether oxygens (including phenoxy) is 2. The van der Waals surface area contributed by atoms with E-state index in [-0.39, 0.29) is 18.6 Å². The van der Waals surface area contributed by atoms with E-state index in [2.05, 4.69) is 0 Å². The van der Waals surface area contributed by atoms with Crippen molar-refractivity contribution >= 4 is 12.4 Å². The lowest BCUT2D eigenvalue weighted by Gasteiger charge is -2.38. The molecule has 0 N–H and O–H groups in total. The Balaban J connectivity index is 1.90. The Morgan fingerprint density at radius 3 is 3.00 bits per heavy atom. The number of β-lactam (4-membered cyclic amide) rings is 1. The average molecular weight is 249 g/mol. The Hall–Kier alpha value is -2.04. The van der Waals surface area contributed by atoms with Crippen LogP contribution in [0, 0.1) is 0 Å². The van der Waals surface area contributed by atoms with Crippen molar-refractivity contribution in [2.24, 2.45) is 0 Å². The number of carbonyl (C=O) groups is 2. The molecule has 18 heavy (non-hydrogen) atoms. The first kappa shape index (κ1) is 12.4. The number of methoxy groups -OCH3 is 1. The van der Waals surface area contributed by atoms with Gasteiger partial charge in [0.05, 0.1) is 13.5 Å². The standard InChI is InChI=1S/C13H15NO4/c1-17-11-4-2-3-10(7-11)5-6-14-12(16)8-13(14)18-9-15/h2-4,7,9,13H,5-6,8H2,1H3.